The Morgan fingerprint density at radius 3 is 0.818 bits per heavy atom. The maximum absolute atomic E-state index is 13.6. The van der Waals surface area contributed by atoms with Gasteiger partial charge in [0.25, 0.3) is 20.2 Å². The molecule has 7 nitrogen and oxygen atoms in total. The fourth-order valence-electron chi connectivity index (χ4n) is 7.92. The lowest BCUT2D eigenvalue weighted by Crippen LogP contribution is -2.49. The van der Waals surface area contributed by atoms with Crippen molar-refractivity contribution in [3.63, 3.8) is 0 Å². The molecule has 2 N–H and O–H groups in total. The van der Waals surface area contributed by atoms with Gasteiger partial charge in [0.2, 0.25) is 9.87 Å². The van der Waals surface area contributed by atoms with E-state index in [1.165, 1.54) is 116 Å². The van der Waals surface area contributed by atoms with Gasteiger partial charge in [-0.1, -0.05) is 241 Å². The molecule has 0 radical (unpaired) electrons. The van der Waals surface area contributed by atoms with E-state index in [2.05, 4.69) is 13.8 Å². The Morgan fingerprint density at radius 1 is 0.382 bits per heavy atom. The maximum Gasteiger partial charge on any atom is 0.299 e. The van der Waals surface area contributed by atoms with Crippen LogP contribution in [0, 0.1) is 0 Å². The molecule has 2 unspecified atom stereocenters. The predicted octanol–water partition coefficient (Wildman–Crippen LogP) is 14.2. The zero-order chi connectivity index (χ0) is 40.1. The van der Waals surface area contributed by atoms with Gasteiger partial charge in [-0.2, -0.15) is 16.8 Å². The summed E-state index contributed by atoms with van der Waals surface area (Å²) >= 11 is 0. The van der Waals surface area contributed by atoms with E-state index >= 15 is 0 Å². The Hall–Kier alpha value is -1.78. The van der Waals surface area contributed by atoms with Crippen LogP contribution in [0.15, 0.2) is 60.7 Å². The lowest BCUT2D eigenvalue weighted by atomic mass is 9.97. The lowest BCUT2D eigenvalue weighted by Gasteiger charge is -2.41. The summed E-state index contributed by atoms with van der Waals surface area (Å²) in [5.74, 6) is 0. The van der Waals surface area contributed by atoms with Gasteiger partial charge in [0.05, 0.1) is 0 Å². The molecule has 0 bridgehead atoms. The van der Waals surface area contributed by atoms with Crippen LogP contribution >= 0.6 is 0 Å². The second-order valence-electron chi connectivity index (χ2n) is 16.0. The van der Waals surface area contributed by atoms with Crippen molar-refractivity contribution in [1.29, 1.82) is 0 Å². The molecule has 0 fully saturated rings. The van der Waals surface area contributed by atoms with Crippen LogP contribution in [0.2, 0.25) is 0 Å². The van der Waals surface area contributed by atoms with Gasteiger partial charge in [-0.3, -0.25) is 9.11 Å². The highest BCUT2D eigenvalue weighted by Crippen LogP contribution is 2.48. The first-order chi connectivity index (χ1) is 26.5. The van der Waals surface area contributed by atoms with Gasteiger partial charge in [-0.05, 0) is 25.7 Å². The minimum atomic E-state index is -5.06. The summed E-state index contributed by atoms with van der Waals surface area (Å²) in [6.45, 7) is 4.48. The molecule has 55 heavy (non-hydrogen) atoms. The molecule has 0 saturated heterocycles. The Morgan fingerprint density at radius 2 is 0.600 bits per heavy atom. The number of benzene rings is 2. The molecule has 0 aliphatic heterocycles. The summed E-state index contributed by atoms with van der Waals surface area (Å²) < 4.78 is 83.0. The number of rotatable bonds is 36. The molecule has 0 aliphatic rings. The van der Waals surface area contributed by atoms with E-state index in [9.17, 15) is 25.9 Å². The first-order valence-corrected chi connectivity index (χ1v) is 25.2. The van der Waals surface area contributed by atoms with E-state index in [-0.39, 0.29) is 24.0 Å². The van der Waals surface area contributed by atoms with Crippen molar-refractivity contribution in [2.24, 2.45) is 0 Å². The number of unbranched alkanes of at least 4 members (excludes halogenated alkanes) is 26. The van der Waals surface area contributed by atoms with Gasteiger partial charge < -0.3 is 4.74 Å². The molecule has 2 aromatic carbocycles. The Kier molecular flexibility index (Phi) is 25.7. The normalized spacial score (nSPS) is 14.5. The van der Waals surface area contributed by atoms with Crippen LogP contribution in [0.5, 0.6) is 0 Å². The van der Waals surface area contributed by atoms with E-state index in [4.69, 9.17) is 4.74 Å². The van der Waals surface area contributed by atoms with Crippen molar-refractivity contribution >= 4 is 20.2 Å². The SMILES string of the molecule is CCCCCCCCCCCCCCCCC(OC(CCCCCCCCCCCCCCCC)(c1ccccc1)S(=O)(=O)O)(c1ccccc1)S(=O)(=O)O. The Labute approximate surface area is 337 Å². The Bertz CT molecular complexity index is 1320. The molecule has 0 heterocycles. The summed E-state index contributed by atoms with van der Waals surface area (Å²) in [6, 6.07) is 16.2. The van der Waals surface area contributed by atoms with E-state index in [0.29, 0.717) is 25.7 Å². The highest BCUT2D eigenvalue weighted by Gasteiger charge is 2.57. The maximum atomic E-state index is 13.6. The van der Waals surface area contributed by atoms with Gasteiger partial charge in [0, 0.05) is 11.1 Å². The highest BCUT2D eigenvalue weighted by molar-refractivity contribution is 7.87. The molecular weight excluding hydrogens is 729 g/mol. The standard InChI is InChI=1S/C46H78O7S2/c1-3-5-7-9-11-13-15-17-19-21-23-25-27-35-41-45(54(47,48)49,43-37-31-29-32-38-43)53-46(55(50,51)52,44-39-33-30-34-40-44)42-36-28-26-24-22-20-18-16-14-12-10-8-6-4-2/h29-34,37-40H,3-28,35-36,41-42H2,1-2H3,(H,47,48,49)(H,50,51,52). The van der Waals surface area contributed by atoms with Gasteiger partial charge in [0.1, 0.15) is 0 Å². The van der Waals surface area contributed by atoms with E-state index in [1.807, 2.05) is 0 Å². The summed E-state index contributed by atoms with van der Waals surface area (Å²) in [5, 5.41) is 0. The van der Waals surface area contributed by atoms with E-state index in [0.717, 1.165) is 38.5 Å². The van der Waals surface area contributed by atoms with Crippen LogP contribution in [0.1, 0.15) is 218 Å². The highest BCUT2D eigenvalue weighted by atomic mass is 32.2. The fraction of sp³-hybridized carbons (Fsp3) is 0.739. The molecule has 0 aliphatic carbocycles. The third-order valence-corrected chi connectivity index (χ3v) is 14.0. The van der Waals surface area contributed by atoms with Crippen LogP contribution in [0.25, 0.3) is 0 Å². The smallest absolute Gasteiger partial charge is 0.299 e. The monoisotopic (exact) mass is 807 g/mol. The van der Waals surface area contributed by atoms with Crippen LogP contribution in [-0.2, 0) is 34.8 Å². The van der Waals surface area contributed by atoms with Crippen molar-refractivity contribution in [1.82, 2.24) is 0 Å². The summed E-state index contributed by atoms with van der Waals surface area (Å²) in [5.41, 5.74) is 0.272. The molecular formula is C46H78O7S2. The number of hydrogen-bond donors (Lipinski definition) is 2. The van der Waals surface area contributed by atoms with Crippen LogP contribution in [0.4, 0.5) is 0 Å². The van der Waals surface area contributed by atoms with Gasteiger partial charge in [-0.25, -0.2) is 0 Å². The van der Waals surface area contributed by atoms with Gasteiger partial charge in [0.15, 0.2) is 0 Å². The number of ether oxygens (including phenoxy) is 1. The molecule has 0 saturated carbocycles. The topological polar surface area (TPSA) is 118 Å². The van der Waals surface area contributed by atoms with Crippen molar-refractivity contribution in [2.75, 3.05) is 0 Å². The quantitative estimate of drug-likeness (QED) is 0.0520. The molecule has 0 spiro atoms. The Balaban J connectivity index is 2.09. The minimum absolute atomic E-state index is 0.136. The third kappa shape index (κ3) is 18.6. The largest absolute Gasteiger partial charge is 0.323 e. The van der Waals surface area contributed by atoms with Gasteiger partial charge in [-0.15, -0.1) is 0 Å². The van der Waals surface area contributed by atoms with Crippen LogP contribution < -0.4 is 0 Å². The van der Waals surface area contributed by atoms with E-state index < -0.39 is 30.1 Å². The third-order valence-electron chi connectivity index (χ3n) is 11.3. The van der Waals surface area contributed by atoms with Crippen molar-refractivity contribution in [2.45, 2.75) is 216 Å². The first kappa shape index (κ1) is 49.4. The zero-order valence-electron chi connectivity index (χ0n) is 34.7. The van der Waals surface area contributed by atoms with Gasteiger partial charge >= 0.3 is 0 Å². The van der Waals surface area contributed by atoms with Crippen molar-refractivity contribution in [3.8, 4) is 0 Å². The second-order valence-corrected chi connectivity index (χ2v) is 19.2. The molecule has 2 aromatic rings. The lowest BCUT2D eigenvalue weighted by molar-refractivity contribution is -0.0935. The average Bonchev–Trinajstić information content (AvgIpc) is 3.16. The molecule has 316 valence electrons. The average molecular weight is 807 g/mol. The second kappa shape index (κ2) is 28.6. The molecule has 2 rings (SSSR count). The molecule has 2 atom stereocenters. The van der Waals surface area contributed by atoms with E-state index in [1.54, 1.807) is 60.7 Å². The minimum Gasteiger partial charge on any atom is -0.323 e. The predicted molar refractivity (Wildman–Crippen MR) is 230 cm³/mol. The molecule has 9 heteroatoms. The zero-order valence-corrected chi connectivity index (χ0v) is 36.4. The van der Waals surface area contributed by atoms with Crippen LogP contribution in [-0.4, -0.2) is 25.9 Å². The molecule has 0 aromatic heterocycles. The van der Waals surface area contributed by atoms with Crippen molar-refractivity contribution < 1.29 is 30.7 Å². The van der Waals surface area contributed by atoms with Crippen LogP contribution in [0.3, 0.4) is 0 Å². The number of hydrogen-bond acceptors (Lipinski definition) is 5. The fourth-order valence-corrected chi connectivity index (χ4v) is 10.1. The molecule has 0 amide bonds. The van der Waals surface area contributed by atoms with Crippen molar-refractivity contribution in [3.05, 3.63) is 71.8 Å². The summed E-state index contributed by atoms with van der Waals surface area (Å²) in [6.07, 6.45) is 31.1. The summed E-state index contributed by atoms with van der Waals surface area (Å²) in [7, 11) is -10.1. The summed E-state index contributed by atoms with van der Waals surface area (Å²) in [4.78, 5) is -4.82. The first-order valence-electron chi connectivity index (χ1n) is 22.3.